The molecule has 0 aliphatic carbocycles. The van der Waals surface area contributed by atoms with E-state index in [1.807, 2.05) is 0 Å². The molecule has 50 valence electrons. The van der Waals surface area contributed by atoms with Crippen molar-refractivity contribution in [3.8, 4) is 0 Å². The first-order valence-electron chi connectivity index (χ1n) is 2.31. The van der Waals surface area contributed by atoms with Crippen LogP contribution in [0.2, 0.25) is 0 Å². The zero-order chi connectivity index (χ0) is 6.85. The third-order valence-electron chi connectivity index (χ3n) is 0.868. The fourth-order valence-corrected chi connectivity index (χ4v) is 0.482. The molecule has 0 radical (unpaired) electrons. The molecule has 0 unspecified atom stereocenters. The van der Waals surface area contributed by atoms with E-state index in [1.54, 1.807) is 13.2 Å². The number of nitrogens with zero attached hydrogens (tertiary/aromatic N) is 3. The van der Waals surface area contributed by atoms with Gasteiger partial charge in [-0.1, -0.05) is 5.53 Å². The SMILES string of the molecule is CN1C=CN([N+](=O)[O-])N1. The monoisotopic (exact) mass is 130 g/mol. The maximum absolute atomic E-state index is 9.94. The molecule has 9 heavy (non-hydrogen) atoms. The van der Waals surface area contributed by atoms with Crippen LogP contribution < -0.4 is 5.53 Å². The molecule has 1 rings (SSSR count). The standard InChI is InChI=1S/C3H6N4O2/c1-5-2-3-6(4-5)7(8)9/h2-4H,1H3. The van der Waals surface area contributed by atoms with Crippen molar-refractivity contribution in [1.29, 1.82) is 0 Å². The van der Waals surface area contributed by atoms with Gasteiger partial charge in [0.1, 0.15) is 6.20 Å². The Kier molecular flexibility index (Phi) is 1.23. The Balaban J connectivity index is 2.50. The molecule has 1 N–H and O–H groups in total. The second kappa shape index (κ2) is 1.90. The molecule has 0 fully saturated rings. The van der Waals surface area contributed by atoms with Crippen LogP contribution in [0.4, 0.5) is 0 Å². The summed E-state index contributed by atoms with van der Waals surface area (Å²) in [6.45, 7) is 0. The average Bonchev–Trinajstić information content (AvgIpc) is 2.14. The average molecular weight is 130 g/mol. The molecule has 0 saturated carbocycles. The highest BCUT2D eigenvalue weighted by atomic mass is 16.7. The van der Waals surface area contributed by atoms with Crippen molar-refractivity contribution in [2.45, 2.75) is 0 Å². The molecule has 0 atom stereocenters. The van der Waals surface area contributed by atoms with E-state index in [0.717, 1.165) is 5.12 Å². The van der Waals surface area contributed by atoms with E-state index in [-0.39, 0.29) is 0 Å². The summed E-state index contributed by atoms with van der Waals surface area (Å²) >= 11 is 0. The number of nitrogens with one attached hydrogen (secondary N) is 1. The molecule has 0 aromatic heterocycles. The van der Waals surface area contributed by atoms with Crippen LogP contribution in [0.15, 0.2) is 12.4 Å². The van der Waals surface area contributed by atoms with Crippen LogP contribution in [0.5, 0.6) is 0 Å². The number of hydrazine groups is 3. The minimum Gasteiger partial charge on any atom is -0.295 e. The first-order chi connectivity index (χ1) is 4.20. The fraction of sp³-hybridized carbons (Fsp3) is 0.333. The lowest BCUT2D eigenvalue weighted by Crippen LogP contribution is -2.40. The van der Waals surface area contributed by atoms with Crippen LogP contribution in [-0.4, -0.2) is 22.2 Å². The summed E-state index contributed by atoms with van der Waals surface area (Å²) in [5.41, 5.74) is 2.41. The highest BCUT2D eigenvalue weighted by molar-refractivity contribution is 4.78. The lowest BCUT2D eigenvalue weighted by atomic mass is 10.9. The molecule has 0 aromatic rings. The van der Waals surface area contributed by atoms with Gasteiger partial charge >= 0.3 is 0 Å². The van der Waals surface area contributed by atoms with Gasteiger partial charge in [0.05, 0.1) is 0 Å². The summed E-state index contributed by atoms with van der Waals surface area (Å²) in [5, 5.41) is 11.6. The Bertz CT molecular complexity index is 156. The summed E-state index contributed by atoms with van der Waals surface area (Å²) in [4.78, 5) is 9.94. The van der Waals surface area contributed by atoms with Gasteiger partial charge in [0, 0.05) is 13.2 Å². The third-order valence-corrected chi connectivity index (χ3v) is 0.868. The first kappa shape index (κ1) is 5.83. The number of rotatable bonds is 1. The van der Waals surface area contributed by atoms with Crippen molar-refractivity contribution in [1.82, 2.24) is 15.7 Å². The third kappa shape index (κ3) is 1.08. The lowest BCUT2D eigenvalue weighted by molar-refractivity contribution is -0.656. The quantitative estimate of drug-likeness (QED) is 0.376. The van der Waals surface area contributed by atoms with E-state index in [2.05, 4.69) is 5.53 Å². The second-order valence-electron chi connectivity index (χ2n) is 1.59. The van der Waals surface area contributed by atoms with Crippen LogP contribution in [0, 0.1) is 10.1 Å². The van der Waals surface area contributed by atoms with Crippen LogP contribution in [0.25, 0.3) is 0 Å². The molecule has 1 heterocycles. The van der Waals surface area contributed by atoms with Crippen molar-refractivity contribution in [3.05, 3.63) is 22.5 Å². The van der Waals surface area contributed by atoms with E-state index >= 15 is 0 Å². The van der Waals surface area contributed by atoms with Gasteiger partial charge in [-0.3, -0.25) is 5.01 Å². The maximum Gasteiger partial charge on any atom is 0.182 e. The Morgan fingerprint density at radius 3 is 2.56 bits per heavy atom. The molecule has 0 amide bonds. The second-order valence-corrected chi connectivity index (χ2v) is 1.59. The van der Waals surface area contributed by atoms with Crippen LogP contribution in [-0.2, 0) is 0 Å². The highest BCUT2D eigenvalue weighted by Gasteiger charge is 2.15. The molecule has 6 heteroatoms. The van der Waals surface area contributed by atoms with Gasteiger partial charge in [0.25, 0.3) is 0 Å². The van der Waals surface area contributed by atoms with Crippen LogP contribution in [0.1, 0.15) is 0 Å². The summed E-state index contributed by atoms with van der Waals surface area (Å²) in [6, 6.07) is 0. The number of nitro groups is 1. The molecule has 0 bridgehead atoms. The van der Waals surface area contributed by atoms with Gasteiger partial charge in [-0.05, 0) is 5.12 Å². The van der Waals surface area contributed by atoms with Crippen LogP contribution in [0.3, 0.4) is 0 Å². The van der Waals surface area contributed by atoms with Crippen molar-refractivity contribution in [3.63, 3.8) is 0 Å². The topological polar surface area (TPSA) is 61.7 Å². The molecule has 6 nitrogen and oxygen atoms in total. The molecule has 0 saturated heterocycles. The van der Waals surface area contributed by atoms with Gasteiger partial charge in [-0.15, -0.1) is 0 Å². The minimum absolute atomic E-state index is 0.556. The largest absolute Gasteiger partial charge is 0.295 e. The zero-order valence-electron chi connectivity index (χ0n) is 4.81. The van der Waals surface area contributed by atoms with Gasteiger partial charge in [0.2, 0.25) is 0 Å². The molecule has 1 aliphatic rings. The summed E-state index contributed by atoms with van der Waals surface area (Å²) in [7, 11) is 1.67. The predicted molar refractivity (Wildman–Crippen MR) is 28.9 cm³/mol. The van der Waals surface area contributed by atoms with E-state index in [4.69, 9.17) is 0 Å². The summed E-state index contributed by atoms with van der Waals surface area (Å²) in [5.74, 6) is 0. The molecule has 1 aliphatic heterocycles. The Morgan fingerprint density at radius 2 is 2.33 bits per heavy atom. The smallest absolute Gasteiger partial charge is 0.182 e. The Labute approximate surface area is 51.4 Å². The summed E-state index contributed by atoms with van der Waals surface area (Å²) < 4.78 is 0. The van der Waals surface area contributed by atoms with Crippen molar-refractivity contribution in [2.24, 2.45) is 0 Å². The first-order valence-corrected chi connectivity index (χ1v) is 2.31. The lowest BCUT2D eigenvalue weighted by Gasteiger charge is -2.08. The zero-order valence-corrected chi connectivity index (χ0v) is 4.81. The van der Waals surface area contributed by atoms with E-state index in [9.17, 15) is 10.1 Å². The Morgan fingerprint density at radius 1 is 1.67 bits per heavy atom. The maximum atomic E-state index is 9.94. The summed E-state index contributed by atoms with van der Waals surface area (Å²) in [6.07, 6.45) is 2.86. The van der Waals surface area contributed by atoms with Gasteiger partial charge < -0.3 is 0 Å². The number of hydrogen-bond donors (Lipinski definition) is 1. The van der Waals surface area contributed by atoms with Crippen molar-refractivity contribution < 1.29 is 5.03 Å². The van der Waals surface area contributed by atoms with Gasteiger partial charge in [-0.25, -0.2) is 10.1 Å². The van der Waals surface area contributed by atoms with E-state index < -0.39 is 5.03 Å². The predicted octanol–water partition coefficient (Wildman–Crippen LogP) is -0.684. The Hall–Kier alpha value is -1.30. The van der Waals surface area contributed by atoms with Crippen molar-refractivity contribution >= 4 is 0 Å². The molecule has 0 aromatic carbocycles. The van der Waals surface area contributed by atoms with Crippen molar-refractivity contribution in [2.75, 3.05) is 7.05 Å². The van der Waals surface area contributed by atoms with E-state index in [1.165, 1.54) is 11.2 Å². The molecular weight excluding hydrogens is 124 g/mol. The van der Waals surface area contributed by atoms with Gasteiger partial charge in [-0.2, -0.15) is 0 Å². The molecular formula is C3H6N4O2. The van der Waals surface area contributed by atoms with Crippen LogP contribution >= 0.6 is 0 Å². The normalized spacial score (nSPS) is 17.0. The fourth-order valence-electron chi connectivity index (χ4n) is 0.482. The highest BCUT2D eigenvalue weighted by Crippen LogP contribution is 1.94. The minimum atomic E-state index is -0.556. The number of hydrogen-bond acceptors (Lipinski definition) is 4. The van der Waals surface area contributed by atoms with Gasteiger partial charge in [0.15, 0.2) is 5.03 Å². The molecule has 0 spiro atoms. The van der Waals surface area contributed by atoms with E-state index in [0.29, 0.717) is 0 Å².